The van der Waals surface area contributed by atoms with E-state index < -0.39 is 5.97 Å². The van der Waals surface area contributed by atoms with Gasteiger partial charge in [-0.05, 0) is 12.8 Å². The molecule has 0 aliphatic rings. The van der Waals surface area contributed by atoms with Crippen LogP contribution < -0.4 is 0 Å². The van der Waals surface area contributed by atoms with Crippen molar-refractivity contribution >= 4 is 5.97 Å². The monoisotopic (exact) mass is 387 g/mol. The van der Waals surface area contributed by atoms with E-state index in [9.17, 15) is 4.79 Å². The van der Waals surface area contributed by atoms with Crippen LogP contribution in [0.25, 0.3) is 0 Å². The molecule has 0 amide bonds. The molecule has 0 saturated carbocycles. The van der Waals surface area contributed by atoms with Gasteiger partial charge in [0.2, 0.25) is 0 Å². The first kappa shape index (κ1) is 28.6. The lowest BCUT2D eigenvalue weighted by molar-refractivity contribution is -0.136. The van der Waals surface area contributed by atoms with Crippen LogP contribution in [0.1, 0.15) is 111 Å². The molecule has 27 heavy (non-hydrogen) atoms. The van der Waals surface area contributed by atoms with Gasteiger partial charge in [-0.3, -0.25) is 4.79 Å². The largest absolute Gasteiger partial charge is 0.481 e. The van der Waals surface area contributed by atoms with Crippen molar-refractivity contribution in [3.63, 3.8) is 0 Å². The summed E-state index contributed by atoms with van der Waals surface area (Å²) in [5, 5.41) is 7.72. The minimum absolute atomic E-state index is 0.222. The van der Waals surface area contributed by atoms with Gasteiger partial charge >= 0.3 is 5.97 Å². The Morgan fingerprint density at radius 2 is 1.07 bits per heavy atom. The van der Waals surface area contributed by atoms with Crippen LogP contribution in [0.2, 0.25) is 0 Å². The maximum atomic E-state index is 9.37. The van der Waals surface area contributed by atoms with E-state index in [1.165, 1.54) is 77.0 Å². The Balaban J connectivity index is 0. The first-order valence-electron chi connectivity index (χ1n) is 11.4. The number of rotatable bonds is 20. The Kier molecular flexibility index (Phi) is 29.2. The fourth-order valence-electron chi connectivity index (χ4n) is 2.57. The summed E-state index contributed by atoms with van der Waals surface area (Å²) in [6.07, 6.45) is 20.1. The molecular formula is C23H47O4. The summed E-state index contributed by atoms with van der Waals surface area (Å²) in [5.74, 6) is -0.745. The molecule has 0 atom stereocenters. The van der Waals surface area contributed by atoms with Crippen molar-refractivity contribution in [2.24, 2.45) is 0 Å². The quantitative estimate of drug-likeness (QED) is 0.233. The number of ether oxygens (including phenoxy) is 2. The van der Waals surface area contributed by atoms with Crippen LogP contribution in [-0.4, -0.2) is 37.5 Å². The van der Waals surface area contributed by atoms with Crippen molar-refractivity contribution in [3.05, 3.63) is 6.42 Å². The molecule has 4 nitrogen and oxygen atoms in total. The zero-order valence-corrected chi connectivity index (χ0v) is 18.5. The number of carbonyl (C=O) groups is 1. The fourth-order valence-corrected chi connectivity index (χ4v) is 2.57. The van der Waals surface area contributed by atoms with Gasteiger partial charge in [0.05, 0.1) is 13.2 Å². The number of unbranched alkanes of at least 4 members (excludes halogenated alkanes) is 11. The molecule has 0 aliphatic heterocycles. The van der Waals surface area contributed by atoms with Crippen LogP contribution in [0, 0.1) is 6.42 Å². The van der Waals surface area contributed by atoms with E-state index in [1.54, 1.807) is 6.92 Å². The van der Waals surface area contributed by atoms with E-state index >= 15 is 0 Å². The molecule has 0 aromatic heterocycles. The Labute approximate surface area is 169 Å². The third-order valence-electron chi connectivity index (χ3n) is 4.26. The van der Waals surface area contributed by atoms with Crippen molar-refractivity contribution in [1.82, 2.24) is 0 Å². The summed E-state index contributed by atoms with van der Waals surface area (Å²) >= 11 is 0. The molecule has 0 aromatic carbocycles. The molecular weight excluding hydrogens is 340 g/mol. The maximum Gasteiger partial charge on any atom is 0.303 e. The van der Waals surface area contributed by atoms with E-state index in [4.69, 9.17) is 14.6 Å². The summed E-state index contributed by atoms with van der Waals surface area (Å²) < 4.78 is 10.9. The summed E-state index contributed by atoms with van der Waals surface area (Å²) in [7, 11) is 0. The minimum atomic E-state index is -0.745. The summed E-state index contributed by atoms with van der Waals surface area (Å²) in [5.41, 5.74) is 0. The fraction of sp³-hybridized carbons (Fsp3) is 0.913. The first-order chi connectivity index (χ1) is 13.2. The van der Waals surface area contributed by atoms with Crippen molar-refractivity contribution in [1.29, 1.82) is 0 Å². The normalized spacial score (nSPS) is 10.5. The van der Waals surface area contributed by atoms with E-state index in [-0.39, 0.29) is 6.42 Å². The van der Waals surface area contributed by atoms with Crippen molar-refractivity contribution in [2.45, 2.75) is 111 Å². The Morgan fingerprint density at radius 3 is 1.48 bits per heavy atom. The SMILES string of the molecule is CCC(=O)O.CCCCCCCCCCCCCCOC[CH]COCCC. The number of hydrogen-bond donors (Lipinski definition) is 1. The summed E-state index contributed by atoms with van der Waals surface area (Å²) in [6, 6.07) is 0. The van der Waals surface area contributed by atoms with Crippen LogP contribution in [0.15, 0.2) is 0 Å². The second kappa shape index (κ2) is 27.6. The molecule has 0 rings (SSSR count). The lowest BCUT2D eigenvalue weighted by Gasteiger charge is -2.05. The van der Waals surface area contributed by atoms with Crippen molar-refractivity contribution in [2.75, 3.05) is 26.4 Å². The summed E-state index contributed by atoms with van der Waals surface area (Å²) in [4.78, 5) is 9.37. The Bertz CT molecular complexity index is 249. The number of hydrogen-bond acceptors (Lipinski definition) is 3. The predicted molar refractivity (Wildman–Crippen MR) is 115 cm³/mol. The molecule has 4 heteroatoms. The average Bonchev–Trinajstić information content (AvgIpc) is 2.67. The third kappa shape index (κ3) is 33.4. The molecule has 1 N–H and O–H groups in total. The van der Waals surface area contributed by atoms with Crippen LogP contribution >= 0.6 is 0 Å². The highest BCUT2D eigenvalue weighted by Crippen LogP contribution is 2.11. The van der Waals surface area contributed by atoms with Crippen LogP contribution in [0.5, 0.6) is 0 Å². The van der Waals surface area contributed by atoms with Gasteiger partial charge < -0.3 is 14.6 Å². The lowest BCUT2D eigenvalue weighted by atomic mass is 10.1. The van der Waals surface area contributed by atoms with E-state index in [0.717, 1.165) is 32.8 Å². The third-order valence-corrected chi connectivity index (χ3v) is 4.26. The van der Waals surface area contributed by atoms with E-state index in [0.29, 0.717) is 0 Å². The Morgan fingerprint density at radius 1 is 0.667 bits per heavy atom. The molecule has 0 bridgehead atoms. The lowest BCUT2D eigenvalue weighted by Crippen LogP contribution is -2.03. The number of aliphatic carboxylic acids is 1. The predicted octanol–water partition coefficient (Wildman–Crippen LogP) is 6.82. The molecule has 0 heterocycles. The molecule has 0 fully saturated rings. The minimum Gasteiger partial charge on any atom is -0.481 e. The highest BCUT2D eigenvalue weighted by molar-refractivity contribution is 5.66. The van der Waals surface area contributed by atoms with Gasteiger partial charge in [-0.25, -0.2) is 0 Å². The second-order valence-corrected chi connectivity index (χ2v) is 7.07. The maximum absolute atomic E-state index is 9.37. The van der Waals surface area contributed by atoms with Crippen LogP contribution in [0.3, 0.4) is 0 Å². The molecule has 0 saturated heterocycles. The van der Waals surface area contributed by atoms with Crippen LogP contribution in [-0.2, 0) is 14.3 Å². The standard InChI is InChI=1S/C20H41O2.C3H6O2/c1-3-5-6-7-8-9-10-11-12-13-14-15-18-22-20-16-19-21-17-4-2;1-2-3(4)5/h16H,3-15,17-20H2,1-2H3;2H2,1H3,(H,4,5). The van der Waals surface area contributed by atoms with Gasteiger partial charge in [-0.1, -0.05) is 91.4 Å². The Hall–Kier alpha value is -0.610. The summed E-state index contributed by atoms with van der Waals surface area (Å²) in [6.45, 7) is 9.24. The smallest absolute Gasteiger partial charge is 0.303 e. The zero-order valence-electron chi connectivity index (χ0n) is 18.5. The average molecular weight is 388 g/mol. The van der Waals surface area contributed by atoms with E-state index in [1.807, 2.05) is 0 Å². The molecule has 1 radical (unpaired) electrons. The topological polar surface area (TPSA) is 55.8 Å². The second-order valence-electron chi connectivity index (χ2n) is 7.07. The molecule has 0 aromatic rings. The molecule has 163 valence electrons. The number of carboxylic acid groups (broad SMARTS) is 1. The van der Waals surface area contributed by atoms with Gasteiger partial charge in [0.25, 0.3) is 0 Å². The highest BCUT2D eigenvalue weighted by Gasteiger charge is 1.94. The van der Waals surface area contributed by atoms with Crippen molar-refractivity contribution in [3.8, 4) is 0 Å². The molecule has 0 aliphatic carbocycles. The van der Waals surface area contributed by atoms with Gasteiger partial charge in [0.15, 0.2) is 0 Å². The number of carboxylic acids is 1. The molecule has 0 spiro atoms. The van der Waals surface area contributed by atoms with Gasteiger partial charge in [-0.15, -0.1) is 0 Å². The first-order valence-corrected chi connectivity index (χ1v) is 11.4. The van der Waals surface area contributed by atoms with Crippen LogP contribution in [0.4, 0.5) is 0 Å². The highest BCUT2D eigenvalue weighted by atomic mass is 16.5. The van der Waals surface area contributed by atoms with Gasteiger partial charge in [0, 0.05) is 26.1 Å². The van der Waals surface area contributed by atoms with Gasteiger partial charge in [-0.2, -0.15) is 0 Å². The van der Waals surface area contributed by atoms with Crippen molar-refractivity contribution < 1.29 is 19.4 Å². The zero-order chi connectivity index (χ0) is 20.4. The molecule has 0 unspecified atom stereocenters. The van der Waals surface area contributed by atoms with Gasteiger partial charge in [0.1, 0.15) is 0 Å². The van der Waals surface area contributed by atoms with E-state index in [2.05, 4.69) is 20.3 Å².